The molecule has 2 atom stereocenters. The zero-order valence-electron chi connectivity index (χ0n) is 9.71. The summed E-state index contributed by atoms with van der Waals surface area (Å²) in [6.07, 6.45) is 0. The van der Waals surface area contributed by atoms with Gasteiger partial charge in [0.05, 0.1) is 0 Å². The Kier molecular flexibility index (Phi) is 3.65. The predicted octanol–water partition coefficient (Wildman–Crippen LogP) is 3.68. The van der Waals surface area contributed by atoms with E-state index in [2.05, 4.69) is 34.7 Å². The molecule has 0 radical (unpaired) electrons. The average Bonchev–Trinajstić information content (AvgIpc) is 2.51. The van der Waals surface area contributed by atoms with Crippen LogP contribution in [0.3, 0.4) is 0 Å². The summed E-state index contributed by atoms with van der Waals surface area (Å²) in [5.74, 6) is 1.33. The Morgan fingerprint density at radius 2 is 1.94 bits per heavy atom. The van der Waals surface area contributed by atoms with Gasteiger partial charge in [0, 0.05) is 29.7 Å². The summed E-state index contributed by atoms with van der Waals surface area (Å²) in [5, 5.41) is 0. The normalized spacial score (nSPS) is 26.2. The highest BCUT2D eigenvalue weighted by atomic mass is 79.9. The molecule has 88 valence electrons. The lowest BCUT2D eigenvalue weighted by atomic mass is 10.0. The van der Waals surface area contributed by atoms with Gasteiger partial charge < -0.3 is 0 Å². The molecule has 0 saturated carbocycles. The second-order valence-corrected chi connectivity index (χ2v) is 5.80. The lowest BCUT2D eigenvalue weighted by Gasteiger charge is -2.15. The molecular weight excluding hydrogens is 269 g/mol. The molecule has 1 aliphatic heterocycles. The van der Waals surface area contributed by atoms with Crippen molar-refractivity contribution in [2.45, 2.75) is 20.4 Å². The van der Waals surface area contributed by atoms with Crippen LogP contribution in [0, 0.1) is 17.7 Å². The monoisotopic (exact) mass is 285 g/mol. The van der Waals surface area contributed by atoms with Crippen LogP contribution in [0.2, 0.25) is 0 Å². The number of benzene rings is 1. The zero-order chi connectivity index (χ0) is 11.7. The van der Waals surface area contributed by atoms with Crippen molar-refractivity contribution in [2.75, 3.05) is 13.1 Å². The third kappa shape index (κ3) is 2.64. The molecule has 2 rings (SSSR count). The minimum atomic E-state index is -0.110. The van der Waals surface area contributed by atoms with Gasteiger partial charge in [-0.1, -0.05) is 35.8 Å². The SMILES string of the molecule is CC1CN(Cc2ccc(Br)cc2F)CC1C. The summed E-state index contributed by atoms with van der Waals surface area (Å²) in [7, 11) is 0. The Morgan fingerprint density at radius 3 is 2.50 bits per heavy atom. The fraction of sp³-hybridized carbons (Fsp3) is 0.538. The van der Waals surface area contributed by atoms with E-state index in [4.69, 9.17) is 0 Å². The molecule has 0 amide bonds. The van der Waals surface area contributed by atoms with E-state index in [0.29, 0.717) is 0 Å². The van der Waals surface area contributed by atoms with Crippen LogP contribution >= 0.6 is 15.9 Å². The van der Waals surface area contributed by atoms with Crippen molar-refractivity contribution in [3.63, 3.8) is 0 Å². The molecule has 1 aromatic rings. The van der Waals surface area contributed by atoms with Gasteiger partial charge in [-0.3, -0.25) is 4.90 Å². The Morgan fingerprint density at radius 1 is 1.31 bits per heavy atom. The average molecular weight is 286 g/mol. The van der Waals surface area contributed by atoms with Crippen LogP contribution in [0.15, 0.2) is 22.7 Å². The molecule has 1 aliphatic rings. The number of halogens is 2. The molecule has 1 aromatic carbocycles. The zero-order valence-corrected chi connectivity index (χ0v) is 11.3. The third-order valence-corrected chi connectivity index (χ3v) is 3.97. The van der Waals surface area contributed by atoms with Gasteiger partial charge in [-0.25, -0.2) is 4.39 Å². The summed E-state index contributed by atoms with van der Waals surface area (Å²) in [4.78, 5) is 2.33. The Labute approximate surface area is 105 Å². The largest absolute Gasteiger partial charge is 0.298 e. The van der Waals surface area contributed by atoms with E-state index in [1.54, 1.807) is 0 Å². The highest BCUT2D eigenvalue weighted by molar-refractivity contribution is 9.10. The van der Waals surface area contributed by atoms with Crippen LogP contribution in [0.1, 0.15) is 19.4 Å². The minimum Gasteiger partial charge on any atom is -0.298 e. The summed E-state index contributed by atoms with van der Waals surface area (Å²) in [6, 6.07) is 5.31. The lowest BCUT2D eigenvalue weighted by Crippen LogP contribution is -2.20. The van der Waals surface area contributed by atoms with Gasteiger partial charge in [0.2, 0.25) is 0 Å². The Bertz CT molecular complexity index is 370. The molecule has 1 heterocycles. The van der Waals surface area contributed by atoms with E-state index >= 15 is 0 Å². The Hall–Kier alpha value is -0.410. The second kappa shape index (κ2) is 4.84. The molecule has 2 unspecified atom stereocenters. The molecule has 1 fully saturated rings. The number of rotatable bonds is 2. The topological polar surface area (TPSA) is 3.24 Å². The van der Waals surface area contributed by atoms with Gasteiger partial charge in [0.1, 0.15) is 5.82 Å². The molecule has 0 aliphatic carbocycles. The number of hydrogen-bond donors (Lipinski definition) is 0. The molecule has 0 spiro atoms. The van der Waals surface area contributed by atoms with Gasteiger partial charge in [0.25, 0.3) is 0 Å². The van der Waals surface area contributed by atoms with E-state index < -0.39 is 0 Å². The van der Waals surface area contributed by atoms with Crippen molar-refractivity contribution >= 4 is 15.9 Å². The first-order valence-corrected chi connectivity index (χ1v) is 6.52. The first-order chi connectivity index (χ1) is 7.56. The van der Waals surface area contributed by atoms with Crippen molar-refractivity contribution in [2.24, 2.45) is 11.8 Å². The molecule has 16 heavy (non-hydrogen) atoms. The van der Waals surface area contributed by atoms with Crippen LogP contribution in [0.25, 0.3) is 0 Å². The van der Waals surface area contributed by atoms with E-state index in [-0.39, 0.29) is 5.82 Å². The lowest BCUT2D eigenvalue weighted by molar-refractivity contribution is 0.311. The summed E-state index contributed by atoms with van der Waals surface area (Å²) in [5.41, 5.74) is 0.796. The highest BCUT2D eigenvalue weighted by Gasteiger charge is 2.26. The van der Waals surface area contributed by atoms with Gasteiger partial charge in [-0.15, -0.1) is 0 Å². The maximum atomic E-state index is 13.6. The van der Waals surface area contributed by atoms with Crippen molar-refractivity contribution in [1.82, 2.24) is 4.90 Å². The van der Waals surface area contributed by atoms with E-state index in [1.807, 2.05) is 12.1 Å². The summed E-state index contributed by atoms with van der Waals surface area (Å²) < 4.78 is 14.4. The van der Waals surface area contributed by atoms with Crippen molar-refractivity contribution in [1.29, 1.82) is 0 Å². The number of hydrogen-bond acceptors (Lipinski definition) is 1. The van der Waals surface area contributed by atoms with Crippen molar-refractivity contribution < 1.29 is 4.39 Å². The standard InChI is InChI=1S/C13H17BrFN/c1-9-6-16(7-10(9)2)8-11-3-4-12(14)5-13(11)15/h3-5,9-10H,6-8H2,1-2H3. The smallest absolute Gasteiger partial charge is 0.128 e. The molecular formula is C13H17BrFN. The fourth-order valence-corrected chi connectivity index (χ4v) is 2.60. The third-order valence-electron chi connectivity index (χ3n) is 3.47. The minimum absolute atomic E-state index is 0.110. The number of nitrogens with zero attached hydrogens (tertiary/aromatic N) is 1. The molecule has 0 aromatic heterocycles. The van der Waals surface area contributed by atoms with Gasteiger partial charge in [-0.05, 0) is 24.0 Å². The van der Waals surface area contributed by atoms with Crippen molar-refractivity contribution in [3.8, 4) is 0 Å². The predicted molar refractivity (Wildman–Crippen MR) is 67.7 cm³/mol. The first-order valence-electron chi connectivity index (χ1n) is 5.72. The van der Waals surface area contributed by atoms with Gasteiger partial charge in [0.15, 0.2) is 0 Å². The quantitative estimate of drug-likeness (QED) is 0.801. The van der Waals surface area contributed by atoms with Crippen LogP contribution < -0.4 is 0 Å². The maximum absolute atomic E-state index is 13.6. The first kappa shape index (κ1) is 12.1. The van der Waals surface area contributed by atoms with E-state index in [9.17, 15) is 4.39 Å². The van der Waals surface area contributed by atoms with Crippen molar-refractivity contribution in [3.05, 3.63) is 34.1 Å². The Balaban J connectivity index is 2.05. The maximum Gasteiger partial charge on any atom is 0.128 e. The highest BCUT2D eigenvalue weighted by Crippen LogP contribution is 2.25. The van der Waals surface area contributed by atoms with Gasteiger partial charge in [-0.2, -0.15) is 0 Å². The van der Waals surface area contributed by atoms with E-state index in [1.165, 1.54) is 6.07 Å². The molecule has 0 N–H and O–H groups in total. The van der Waals surface area contributed by atoms with Crippen LogP contribution in [0.4, 0.5) is 4.39 Å². The summed E-state index contributed by atoms with van der Waals surface area (Å²) >= 11 is 3.27. The number of likely N-dealkylation sites (tertiary alicyclic amines) is 1. The van der Waals surface area contributed by atoms with Crippen LogP contribution in [-0.4, -0.2) is 18.0 Å². The fourth-order valence-electron chi connectivity index (χ4n) is 2.27. The summed E-state index contributed by atoms with van der Waals surface area (Å²) in [6.45, 7) is 7.42. The second-order valence-electron chi connectivity index (χ2n) is 4.88. The molecule has 0 bridgehead atoms. The molecule has 1 saturated heterocycles. The molecule has 1 nitrogen and oxygen atoms in total. The van der Waals surface area contributed by atoms with Gasteiger partial charge >= 0.3 is 0 Å². The van der Waals surface area contributed by atoms with E-state index in [0.717, 1.165) is 41.5 Å². The van der Waals surface area contributed by atoms with Crippen LogP contribution in [-0.2, 0) is 6.54 Å². The molecule has 3 heteroatoms. The van der Waals surface area contributed by atoms with Crippen LogP contribution in [0.5, 0.6) is 0 Å².